The summed E-state index contributed by atoms with van der Waals surface area (Å²) in [4.78, 5) is 23.3. The summed E-state index contributed by atoms with van der Waals surface area (Å²) in [6, 6.07) is 7.15. The predicted molar refractivity (Wildman–Crippen MR) is 90.8 cm³/mol. The lowest BCUT2D eigenvalue weighted by Gasteiger charge is -2.18. The lowest BCUT2D eigenvalue weighted by Crippen LogP contribution is -2.33. The number of benzene rings is 1. The van der Waals surface area contributed by atoms with Crippen molar-refractivity contribution in [1.29, 1.82) is 0 Å². The quantitative estimate of drug-likeness (QED) is 0.860. The lowest BCUT2D eigenvalue weighted by atomic mass is 10.3. The SMILES string of the molecule is Cc1cc(N=C2CCN(c3ccc(Cl)c(Cl)c3)N2)nc(C=O)n1. The number of anilines is 1. The lowest BCUT2D eigenvalue weighted by molar-refractivity contribution is 0.111. The van der Waals surface area contributed by atoms with Gasteiger partial charge in [-0.1, -0.05) is 23.2 Å². The minimum Gasteiger partial charge on any atom is -0.294 e. The summed E-state index contributed by atoms with van der Waals surface area (Å²) >= 11 is 12.0. The van der Waals surface area contributed by atoms with Crippen LogP contribution in [0.5, 0.6) is 0 Å². The Morgan fingerprint density at radius 3 is 2.83 bits per heavy atom. The second kappa shape index (κ2) is 6.52. The van der Waals surface area contributed by atoms with E-state index in [2.05, 4.69) is 20.4 Å². The van der Waals surface area contributed by atoms with Gasteiger partial charge in [-0.3, -0.25) is 15.2 Å². The second-order valence-electron chi connectivity index (χ2n) is 5.01. The highest BCUT2D eigenvalue weighted by atomic mass is 35.5. The second-order valence-corrected chi connectivity index (χ2v) is 5.83. The Balaban J connectivity index is 1.80. The summed E-state index contributed by atoms with van der Waals surface area (Å²) in [5.74, 6) is 1.34. The first-order chi connectivity index (χ1) is 11.0. The number of carbonyl (C=O) groups is 1. The maximum Gasteiger partial charge on any atom is 0.194 e. The third-order valence-corrected chi connectivity index (χ3v) is 4.00. The number of carbonyl (C=O) groups excluding carboxylic acids is 1. The molecular formula is C15H13Cl2N5O. The zero-order valence-corrected chi connectivity index (χ0v) is 13.8. The van der Waals surface area contributed by atoms with Crippen LogP contribution in [0.1, 0.15) is 22.7 Å². The molecule has 2 aromatic rings. The van der Waals surface area contributed by atoms with E-state index in [4.69, 9.17) is 23.2 Å². The maximum absolute atomic E-state index is 10.8. The predicted octanol–water partition coefficient (Wildman–Crippen LogP) is 3.35. The van der Waals surface area contributed by atoms with Crippen LogP contribution in [-0.4, -0.2) is 28.6 Å². The molecule has 118 valence electrons. The number of nitrogens with one attached hydrogen (secondary N) is 1. The molecule has 0 amide bonds. The van der Waals surface area contributed by atoms with Gasteiger partial charge in [0.15, 0.2) is 17.9 Å². The van der Waals surface area contributed by atoms with Crippen molar-refractivity contribution in [3.63, 3.8) is 0 Å². The van der Waals surface area contributed by atoms with Gasteiger partial charge in [-0.25, -0.2) is 15.0 Å². The standard InChI is InChI=1S/C15H13Cl2N5O/c1-9-6-14(20-15(8-23)18-9)19-13-4-5-22(21-13)10-2-3-11(16)12(17)7-10/h2-3,6-8H,4-5H2,1H3,(H,18,19,20,21). The van der Waals surface area contributed by atoms with E-state index in [1.807, 2.05) is 11.1 Å². The number of amidine groups is 1. The minimum atomic E-state index is 0.128. The molecule has 1 saturated heterocycles. The summed E-state index contributed by atoms with van der Waals surface area (Å²) in [6.07, 6.45) is 1.33. The van der Waals surface area contributed by atoms with Crippen LogP contribution < -0.4 is 10.4 Å². The van der Waals surface area contributed by atoms with Gasteiger partial charge in [0.05, 0.1) is 15.7 Å². The monoisotopic (exact) mass is 349 g/mol. The van der Waals surface area contributed by atoms with Gasteiger partial charge in [-0.15, -0.1) is 0 Å². The van der Waals surface area contributed by atoms with Crippen molar-refractivity contribution in [2.45, 2.75) is 13.3 Å². The molecule has 0 bridgehead atoms. The van der Waals surface area contributed by atoms with Crippen molar-refractivity contribution in [2.24, 2.45) is 4.99 Å². The number of hydrogen-bond donors (Lipinski definition) is 1. The van der Waals surface area contributed by atoms with Gasteiger partial charge < -0.3 is 0 Å². The van der Waals surface area contributed by atoms with Crippen LogP contribution in [0.25, 0.3) is 0 Å². The summed E-state index contributed by atoms with van der Waals surface area (Å²) in [6.45, 7) is 2.53. The molecule has 23 heavy (non-hydrogen) atoms. The number of rotatable bonds is 3. The normalized spacial score (nSPS) is 15.8. The van der Waals surface area contributed by atoms with Gasteiger partial charge in [-0.2, -0.15) is 0 Å². The Morgan fingerprint density at radius 1 is 1.26 bits per heavy atom. The fourth-order valence-electron chi connectivity index (χ4n) is 2.24. The molecule has 1 aliphatic rings. The van der Waals surface area contributed by atoms with Crippen LogP contribution in [0, 0.1) is 6.92 Å². The maximum atomic E-state index is 10.8. The molecule has 8 heteroatoms. The molecule has 1 aromatic carbocycles. The van der Waals surface area contributed by atoms with E-state index in [1.54, 1.807) is 25.1 Å². The Morgan fingerprint density at radius 2 is 2.09 bits per heavy atom. The molecule has 0 unspecified atom stereocenters. The van der Waals surface area contributed by atoms with E-state index in [1.165, 1.54) is 0 Å². The summed E-state index contributed by atoms with van der Waals surface area (Å²) in [7, 11) is 0. The highest BCUT2D eigenvalue weighted by Crippen LogP contribution is 2.27. The van der Waals surface area contributed by atoms with E-state index >= 15 is 0 Å². The van der Waals surface area contributed by atoms with Crippen LogP contribution >= 0.6 is 23.2 Å². The fourth-order valence-corrected chi connectivity index (χ4v) is 2.53. The molecule has 0 radical (unpaired) electrons. The minimum absolute atomic E-state index is 0.128. The van der Waals surface area contributed by atoms with Gasteiger partial charge >= 0.3 is 0 Å². The van der Waals surface area contributed by atoms with Gasteiger partial charge in [0.2, 0.25) is 0 Å². The average Bonchev–Trinajstić information content (AvgIpc) is 2.98. The van der Waals surface area contributed by atoms with E-state index in [9.17, 15) is 4.79 Å². The number of aliphatic imine (C=N–C) groups is 1. The summed E-state index contributed by atoms with van der Waals surface area (Å²) in [5.41, 5.74) is 4.79. The first kappa shape index (κ1) is 15.7. The van der Waals surface area contributed by atoms with Crippen molar-refractivity contribution in [1.82, 2.24) is 15.4 Å². The van der Waals surface area contributed by atoms with Crippen molar-refractivity contribution >= 4 is 46.8 Å². The number of nitrogens with zero attached hydrogens (tertiary/aromatic N) is 4. The van der Waals surface area contributed by atoms with Gasteiger partial charge in [-0.05, 0) is 25.1 Å². The number of aryl methyl sites for hydroxylation is 1. The first-order valence-corrected chi connectivity index (χ1v) is 7.68. The van der Waals surface area contributed by atoms with E-state index in [-0.39, 0.29) is 5.82 Å². The van der Waals surface area contributed by atoms with Crippen molar-refractivity contribution in [2.75, 3.05) is 11.6 Å². The van der Waals surface area contributed by atoms with Crippen LogP contribution in [0.4, 0.5) is 11.5 Å². The van der Waals surface area contributed by atoms with E-state index in [0.717, 1.165) is 24.5 Å². The Labute approximate surface area is 143 Å². The molecule has 6 nitrogen and oxygen atoms in total. The van der Waals surface area contributed by atoms with Crippen molar-refractivity contribution in [3.05, 3.63) is 45.8 Å². The molecule has 0 saturated carbocycles. The zero-order valence-electron chi connectivity index (χ0n) is 12.3. The average molecular weight is 350 g/mol. The Kier molecular flexibility index (Phi) is 4.45. The summed E-state index contributed by atoms with van der Waals surface area (Å²) < 4.78 is 0. The topological polar surface area (TPSA) is 70.5 Å². The van der Waals surface area contributed by atoms with E-state index in [0.29, 0.717) is 27.8 Å². The van der Waals surface area contributed by atoms with Crippen molar-refractivity contribution < 1.29 is 4.79 Å². The van der Waals surface area contributed by atoms with E-state index < -0.39 is 0 Å². The van der Waals surface area contributed by atoms with Gasteiger partial charge in [0.1, 0.15) is 5.84 Å². The molecule has 1 N–H and O–H groups in total. The first-order valence-electron chi connectivity index (χ1n) is 6.93. The molecule has 0 aliphatic carbocycles. The number of hydrazine groups is 1. The van der Waals surface area contributed by atoms with Crippen molar-refractivity contribution in [3.8, 4) is 0 Å². The third-order valence-electron chi connectivity index (χ3n) is 3.26. The smallest absolute Gasteiger partial charge is 0.194 e. The Hall–Kier alpha value is -2.18. The molecule has 1 fully saturated rings. The van der Waals surface area contributed by atoms with Gasteiger partial charge in [0, 0.05) is 24.7 Å². The molecule has 1 aromatic heterocycles. The van der Waals surface area contributed by atoms with Crippen LogP contribution in [0.15, 0.2) is 29.3 Å². The van der Waals surface area contributed by atoms with Crippen LogP contribution in [0.3, 0.4) is 0 Å². The molecule has 0 atom stereocenters. The highest BCUT2D eigenvalue weighted by molar-refractivity contribution is 6.42. The van der Waals surface area contributed by atoms with Crippen LogP contribution in [0.2, 0.25) is 10.0 Å². The number of aromatic nitrogens is 2. The highest BCUT2D eigenvalue weighted by Gasteiger charge is 2.18. The number of aldehydes is 1. The largest absolute Gasteiger partial charge is 0.294 e. The molecular weight excluding hydrogens is 337 g/mol. The number of halogens is 2. The number of hydrogen-bond acceptors (Lipinski definition) is 5. The summed E-state index contributed by atoms with van der Waals surface area (Å²) in [5, 5.41) is 2.94. The van der Waals surface area contributed by atoms with Gasteiger partial charge in [0.25, 0.3) is 0 Å². The third kappa shape index (κ3) is 3.60. The zero-order chi connectivity index (χ0) is 16.4. The van der Waals surface area contributed by atoms with Crippen LogP contribution in [-0.2, 0) is 0 Å². The molecule has 2 heterocycles. The molecule has 1 aliphatic heterocycles. The molecule has 3 rings (SSSR count). The molecule has 0 spiro atoms. The fraction of sp³-hybridized carbons (Fsp3) is 0.200. The Bertz CT molecular complexity index is 793.